The van der Waals surface area contributed by atoms with Crippen molar-refractivity contribution >= 4 is 22.8 Å². The zero-order valence-corrected chi connectivity index (χ0v) is 25.5. The molecule has 0 bridgehead atoms. The molecule has 0 saturated heterocycles. The fourth-order valence-electron chi connectivity index (χ4n) is 7.05. The second kappa shape index (κ2) is 13.1. The number of amides is 2. The number of nitrogens with one attached hydrogen (secondary N) is 1. The monoisotopic (exact) mass is 620 g/mol. The number of para-hydroxylation sites is 1. The number of benzene rings is 2. The van der Waals surface area contributed by atoms with Crippen molar-refractivity contribution in [2.45, 2.75) is 62.9 Å². The predicted molar refractivity (Wildman–Crippen MR) is 164 cm³/mol. The lowest BCUT2D eigenvalue weighted by molar-refractivity contribution is -0.118. The molecule has 6 rings (SSSR count). The Morgan fingerprint density at radius 1 is 1.04 bits per heavy atom. The minimum Gasteiger partial charge on any atom is -0.493 e. The smallest absolute Gasteiger partial charge is 0.290 e. The van der Waals surface area contributed by atoms with Crippen LogP contribution in [0.3, 0.4) is 0 Å². The highest BCUT2D eigenvalue weighted by Gasteiger charge is 2.52. The first-order chi connectivity index (χ1) is 21.9. The first-order valence-corrected chi connectivity index (χ1v) is 15.5. The number of nitrogens with zero attached hydrogens (tertiary/aromatic N) is 1. The van der Waals surface area contributed by atoms with Gasteiger partial charge in [-0.15, -0.1) is 0 Å². The van der Waals surface area contributed by atoms with Gasteiger partial charge >= 0.3 is 0 Å². The summed E-state index contributed by atoms with van der Waals surface area (Å²) in [5, 5.41) is 34.8. The van der Waals surface area contributed by atoms with Gasteiger partial charge in [-0.2, -0.15) is 0 Å². The summed E-state index contributed by atoms with van der Waals surface area (Å²) >= 11 is 0. The van der Waals surface area contributed by atoms with Crippen LogP contribution >= 0.6 is 0 Å². The molecule has 4 N–H and O–H groups in total. The van der Waals surface area contributed by atoms with Gasteiger partial charge in [0.1, 0.15) is 12.2 Å². The second-order valence-corrected chi connectivity index (χ2v) is 12.0. The standard InChI is InChI=1S/C34H40N2O9/c1-42-25-10-6-9-21-15-27(44-30(21)25)34(41)36(17-19-7-4-3-5-8-19)24-16-23(33(40)35-11-12-37)28-22-13-20(18-38)14-26(43-2)31(22)45-32(28)29(24)39/h6,9-10,13-16,19,24,28-29,32,37-39H,3-5,7-8,11-12,17-18H2,1-2H3,(H,35,40). The number of carbonyl (C=O) groups is 2. The molecular weight excluding hydrogens is 580 g/mol. The molecule has 45 heavy (non-hydrogen) atoms. The first-order valence-electron chi connectivity index (χ1n) is 15.5. The number of methoxy groups -OCH3 is 2. The van der Waals surface area contributed by atoms with Crippen molar-refractivity contribution < 1.29 is 43.5 Å². The lowest BCUT2D eigenvalue weighted by atomic mass is 9.76. The second-order valence-electron chi connectivity index (χ2n) is 12.0. The van der Waals surface area contributed by atoms with Gasteiger partial charge in [0.15, 0.2) is 28.6 Å². The van der Waals surface area contributed by atoms with E-state index in [0.29, 0.717) is 51.5 Å². The number of hydrogen-bond donors (Lipinski definition) is 4. The van der Waals surface area contributed by atoms with Crippen LogP contribution in [0.1, 0.15) is 59.7 Å². The van der Waals surface area contributed by atoms with E-state index in [0.717, 1.165) is 32.1 Å². The van der Waals surface area contributed by atoms with E-state index < -0.39 is 36.0 Å². The number of aliphatic hydroxyl groups excluding tert-OH is 3. The zero-order chi connectivity index (χ0) is 31.7. The fourth-order valence-corrected chi connectivity index (χ4v) is 7.05. The third-order valence-corrected chi connectivity index (χ3v) is 9.23. The Kier molecular flexibility index (Phi) is 9.02. The highest BCUT2D eigenvalue weighted by Crippen LogP contribution is 2.51. The van der Waals surface area contributed by atoms with Crippen LogP contribution in [0.2, 0.25) is 0 Å². The molecule has 3 aliphatic rings. The Morgan fingerprint density at radius 2 is 1.82 bits per heavy atom. The van der Waals surface area contributed by atoms with Gasteiger partial charge in [0.2, 0.25) is 5.91 Å². The summed E-state index contributed by atoms with van der Waals surface area (Å²) in [6, 6.07) is 9.57. The van der Waals surface area contributed by atoms with E-state index in [1.165, 1.54) is 14.2 Å². The highest BCUT2D eigenvalue weighted by atomic mass is 16.5. The van der Waals surface area contributed by atoms with Crippen LogP contribution in [0, 0.1) is 5.92 Å². The number of fused-ring (bicyclic) bond motifs is 4. The maximum Gasteiger partial charge on any atom is 0.290 e. The molecule has 1 saturated carbocycles. The van der Waals surface area contributed by atoms with Gasteiger partial charge in [-0.3, -0.25) is 9.59 Å². The summed E-state index contributed by atoms with van der Waals surface area (Å²) in [6.07, 6.45) is 4.66. The topological polar surface area (TPSA) is 151 Å². The molecular formula is C34H40N2O9. The van der Waals surface area contributed by atoms with Gasteiger partial charge in [-0.05, 0) is 54.7 Å². The Hall–Kier alpha value is -4.06. The van der Waals surface area contributed by atoms with Crippen LogP contribution in [0.4, 0.5) is 0 Å². The molecule has 4 unspecified atom stereocenters. The number of ether oxygens (including phenoxy) is 3. The van der Waals surface area contributed by atoms with Crippen molar-refractivity contribution in [2.75, 3.05) is 33.9 Å². The van der Waals surface area contributed by atoms with E-state index in [1.807, 2.05) is 12.1 Å². The fraction of sp³-hybridized carbons (Fsp3) is 0.471. The molecule has 2 heterocycles. The number of hydrogen-bond acceptors (Lipinski definition) is 9. The number of rotatable bonds is 10. The van der Waals surface area contributed by atoms with E-state index in [2.05, 4.69) is 5.32 Å². The average molecular weight is 621 g/mol. The van der Waals surface area contributed by atoms with Gasteiger partial charge < -0.3 is 44.2 Å². The molecule has 2 amide bonds. The summed E-state index contributed by atoms with van der Waals surface area (Å²) in [5.41, 5.74) is 1.91. The molecule has 11 heteroatoms. The molecule has 1 fully saturated rings. The maximum absolute atomic E-state index is 14.4. The van der Waals surface area contributed by atoms with Gasteiger partial charge in [-0.1, -0.05) is 31.4 Å². The number of carbonyl (C=O) groups excluding carboxylic acids is 2. The Morgan fingerprint density at radius 3 is 2.53 bits per heavy atom. The lowest BCUT2D eigenvalue weighted by Crippen LogP contribution is -2.56. The van der Waals surface area contributed by atoms with Crippen LogP contribution in [0.15, 0.2) is 52.5 Å². The summed E-state index contributed by atoms with van der Waals surface area (Å²) in [6.45, 7) is -0.121. The first kappa shape index (κ1) is 30.9. The summed E-state index contributed by atoms with van der Waals surface area (Å²) in [5.74, 6) is -0.00209. The molecule has 0 radical (unpaired) electrons. The molecule has 0 spiro atoms. The minimum absolute atomic E-state index is 0.0278. The van der Waals surface area contributed by atoms with E-state index in [4.69, 9.17) is 18.6 Å². The van der Waals surface area contributed by atoms with Crippen molar-refractivity contribution in [3.63, 3.8) is 0 Å². The molecule has 3 aromatic rings. The van der Waals surface area contributed by atoms with Crippen LogP contribution in [0.5, 0.6) is 17.2 Å². The maximum atomic E-state index is 14.4. The highest BCUT2D eigenvalue weighted by molar-refractivity contribution is 5.99. The number of furan rings is 1. The third-order valence-electron chi connectivity index (χ3n) is 9.23. The van der Waals surface area contributed by atoms with Crippen molar-refractivity contribution in [1.82, 2.24) is 10.2 Å². The van der Waals surface area contributed by atoms with E-state index in [-0.39, 0.29) is 31.4 Å². The van der Waals surface area contributed by atoms with Crippen LogP contribution in [-0.2, 0) is 11.4 Å². The minimum atomic E-state index is -1.22. The van der Waals surface area contributed by atoms with Crippen LogP contribution < -0.4 is 19.5 Å². The molecule has 4 atom stereocenters. The largest absolute Gasteiger partial charge is 0.493 e. The van der Waals surface area contributed by atoms with Crippen molar-refractivity contribution in [3.05, 3.63) is 64.9 Å². The van der Waals surface area contributed by atoms with E-state index in [9.17, 15) is 24.9 Å². The lowest BCUT2D eigenvalue weighted by Gasteiger charge is -2.42. The van der Waals surface area contributed by atoms with Crippen molar-refractivity contribution in [2.24, 2.45) is 5.92 Å². The summed E-state index contributed by atoms with van der Waals surface area (Å²) in [7, 11) is 3.02. The normalized spacial score (nSPS) is 22.6. The van der Waals surface area contributed by atoms with Gasteiger partial charge in [-0.25, -0.2) is 0 Å². The van der Waals surface area contributed by atoms with Gasteiger partial charge in [0.05, 0.1) is 39.4 Å². The van der Waals surface area contributed by atoms with Crippen LogP contribution in [-0.4, -0.2) is 84.2 Å². The van der Waals surface area contributed by atoms with Gasteiger partial charge in [0.25, 0.3) is 5.91 Å². The molecule has 1 aromatic heterocycles. The van der Waals surface area contributed by atoms with E-state index >= 15 is 0 Å². The summed E-state index contributed by atoms with van der Waals surface area (Å²) < 4.78 is 23.4. The third kappa shape index (κ3) is 5.76. The molecule has 2 aliphatic carbocycles. The Balaban J connectivity index is 1.45. The predicted octanol–water partition coefficient (Wildman–Crippen LogP) is 3.29. The average Bonchev–Trinajstić information content (AvgIpc) is 3.69. The Bertz CT molecular complexity index is 1590. The molecule has 1 aliphatic heterocycles. The summed E-state index contributed by atoms with van der Waals surface area (Å²) in [4.78, 5) is 29.7. The molecule has 11 nitrogen and oxygen atoms in total. The molecule has 240 valence electrons. The van der Waals surface area contributed by atoms with E-state index in [1.54, 1.807) is 35.2 Å². The zero-order valence-electron chi connectivity index (χ0n) is 25.5. The van der Waals surface area contributed by atoms with Crippen molar-refractivity contribution in [1.29, 1.82) is 0 Å². The van der Waals surface area contributed by atoms with Gasteiger partial charge in [0, 0.05) is 29.6 Å². The van der Waals surface area contributed by atoms with Crippen LogP contribution in [0.25, 0.3) is 11.0 Å². The number of aliphatic hydroxyl groups is 3. The Labute approximate surface area is 261 Å². The SMILES string of the molecule is COc1cc(CO)cc2c1OC1C2C(C(=O)NCCO)=CC(N(CC2CCCCC2)C(=O)c2cc3cccc(OC)c3o2)C1O. The van der Waals surface area contributed by atoms with Crippen molar-refractivity contribution in [3.8, 4) is 17.2 Å². The molecule has 2 aromatic carbocycles. The quantitative estimate of drug-likeness (QED) is 0.268.